The van der Waals surface area contributed by atoms with Crippen LogP contribution in [0.4, 0.5) is 5.69 Å². The molecule has 6 heteroatoms. The molecule has 0 radical (unpaired) electrons. The van der Waals surface area contributed by atoms with Crippen LogP contribution in [0.1, 0.15) is 25.3 Å². The van der Waals surface area contributed by atoms with E-state index in [1.165, 1.54) is 37.2 Å². The fourth-order valence-corrected chi connectivity index (χ4v) is 4.06. The lowest BCUT2D eigenvalue weighted by Crippen LogP contribution is -2.52. The molecule has 0 bridgehead atoms. The van der Waals surface area contributed by atoms with Gasteiger partial charge in [0.05, 0.1) is 0 Å². The summed E-state index contributed by atoms with van der Waals surface area (Å²) < 4.78 is 0. The SMILES string of the molecule is CCNC(=NCC1CCCN(C)C1)N1CCN(c2cccc(C)c2)CC1.I. The number of nitrogens with one attached hydrogen (secondary N) is 1. The molecule has 2 heterocycles. The summed E-state index contributed by atoms with van der Waals surface area (Å²) in [4.78, 5) is 12.4. The van der Waals surface area contributed by atoms with E-state index in [0.29, 0.717) is 5.92 Å². The molecule has 2 aliphatic rings. The normalized spacial score (nSPS) is 21.7. The molecule has 0 amide bonds. The number of halogens is 1. The first-order chi connectivity index (χ1) is 12.7. The summed E-state index contributed by atoms with van der Waals surface area (Å²) >= 11 is 0. The van der Waals surface area contributed by atoms with Crippen LogP contribution in [0.15, 0.2) is 29.3 Å². The molecular weight excluding hydrogens is 449 g/mol. The Morgan fingerprint density at radius 3 is 2.63 bits per heavy atom. The topological polar surface area (TPSA) is 34.1 Å². The molecule has 2 saturated heterocycles. The van der Waals surface area contributed by atoms with Gasteiger partial charge in [0, 0.05) is 51.5 Å². The number of likely N-dealkylation sites (tertiary alicyclic amines) is 1. The van der Waals surface area contributed by atoms with Gasteiger partial charge in [0.25, 0.3) is 0 Å². The van der Waals surface area contributed by atoms with Crippen molar-refractivity contribution in [3.05, 3.63) is 29.8 Å². The van der Waals surface area contributed by atoms with Crippen LogP contribution >= 0.6 is 24.0 Å². The Balaban J connectivity index is 0.00000261. The summed E-state index contributed by atoms with van der Waals surface area (Å²) in [5.74, 6) is 1.81. The molecule has 1 N–H and O–H groups in total. The number of aliphatic imine (C=N–C) groups is 1. The van der Waals surface area contributed by atoms with Crippen LogP contribution in [0.5, 0.6) is 0 Å². The fraction of sp³-hybridized carbons (Fsp3) is 0.667. The van der Waals surface area contributed by atoms with E-state index in [4.69, 9.17) is 4.99 Å². The zero-order chi connectivity index (χ0) is 18.4. The number of piperidine rings is 1. The fourth-order valence-electron chi connectivity index (χ4n) is 4.06. The van der Waals surface area contributed by atoms with Gasteiger partial charge in [-0.15, -0.1) is 24.0 Å². The van der Waals surface area contributed by atoms with Gasteiger partial charge in [-0.25, -0.2) is 0 Å². The third-order valence-corrected chi connectivity index (χ3v) is 5.50. The Morgan fingerprint density at radius 2 is 1.96 bits per heavy atom. The number of hydrogen-bond acceptors (Lipinski definition) is 3. The standard InChI is InChI=1S/C21H35N5.HI/c1-4-22-21(23-16-19-8-6-10-24(3)17-19)26-13-11-25(12-14-26)20-9-5-7-18(2)15-20;/h5,7,9,15,19H,4,6,8,10-14,16-17H2,1-3H3,(H,22,23);1H. The maximum atomic E-state index is 4.99. The highest BCUT2D eigenvalue weighted by Gasteiger charge is 2.21. The van der Waals surface area contributed by atoms with Gasteiger partial charge in [-0.3, -0.25) is 4.99 Å². The maximum absolute atomic E-state index is 4.99. The van der Waals surface area contributed by atoms with Crippen molar-refractivity contribution in [3.63, 3.8) is 0 Å². The van der Waals surface area contributed by atoms with Crippen LogP contribution in [0, 0.1) is 12.8 Å². The molecule has 0 saturated carbocycles. The van der Waals surface area contributed by atoms with Crippen LogP contribution < -0.4 is 10.2 Å². The minimum absolute atomic E-state index is 0. The number of piperazine rings is 1. The maximum Gasteiger partial charge on any atom is 0.194 e. The molecule has 0 spiro atoms. The molecule has 2 fully saturated rings. The molecule has 1 atom stereocenters. The minimum atomic E-state index is 0. The molecule has 3 rings (SSSR count). The Kier molecular flexibility index (Phi) is 9.15. The first-order valence-corrected chi connectivity index (χ1v) is 10.2. The smallest absolute Gasteiger partial charge is 0.194 e. The highest BCUT2D eigenvalue weighted by Crippen LogP contribution is 2.18. The monoisotopic (exact) mass is 485 g/mol. The summed E-state index contributed by atoms with van der Waals surface area (Å²) in [5.41, 5.74) is 2.68. The van der Waals surface area contributed by atoms with Gasteiger partial charge in [0.1, 0.15) is 0 Å². The van der Waals surface area contributed by atoms with Gasteiger partial charge in [0.15, 0.2) is 5.96 Å². The molecule has 27 heavy (non-hydrogen) atoms. The molecular formula is C21H36IN5. The van der Waals surface area contributed by atoms with Crippen LogP contribution in [-0.4, -0.2) is 75.2 Å². The largest absolute Gasteiger partial charge is 0.368 e. The van der Waals surface area contributed by atoms with Gasteiger partial charge in [-0.2, -0.15) is 0 Å². The minimum Gasteiger partial charge on any atom is -0.368 e. The summed E-state index contributed by atoms with van der Waals surface area (Å²) in [7, 11) is 2.23. The van der Waals surface area contributed by atoms with Gasteiger partial charge >= 0.3 is 0 Å². The third-order valence-electron chi connectivity index (χ3n) is 5.50. The van der Waals surface area contributed by atoms with E-state index in [-0.39, 0.29) is 24.0 Å². The summed E-state index contributed by atoms with van der Waals surface area (Å²) in [5, 5.41) is 3.51. The first-order valence-electron chi connectivity index (χ1n) is 10.2. The molecule has 152 valence electrons. The Bertz CT molecular complexity index is 598. The Labute approximate surface area is 182 Å². The number of anilines is 1. The Hall–Kier alpha value is -1.02. The van der Waals surface area contributed by atoms with Crippen molar-refractivity contribution in [1.82, 2.24) is 15.1 Å². The summed E-state index contributed by atoms with van der Waals surface area (Å²) in [6.45, 7) is 12.8. The number of nitrogens with zero attached hydrogens (tertiary/aromatic N) is 4. The average molecular weight is 485 g/mol. The lowest BCUT2D eigenvalue weighted by Gasteiger charge is -2.38. The third kappa shape index (κ3) is 6.52. The number of rotatable bonds is 4. The molecule has 0 aromatic heterocycles. The van der Waals surface area contributed by atoms with E-state index in [2.05, 4.69) is 65.2 Å². The van der Waals surface area contributed by atoms with E-state index < -0.39 is 0 Å². The number of guanidine groups is 1. The van der Waals surface area contributed by atoms with E-state index in [0.717, 1.165) is 45.2 Å². The van der Waals surface area contributed by atoms with Gasteiger partial charge in [0.2, 0.25) is 0 Å². The molecule has 1 aromatic rings. The van der Waals surface area contributed by atoms with E-state index >= 15 is 0 Å². The van der Waals surface area contributed by atoms with Gasteiger partial charge in [-0.05, 0) is 63.9 Å². The predicted octanol–water partition coefficient (Wildman–Crippen LogP) is 3.04. The molecule has 5 nitrogen and oxygen atoms in total. The highest BCUT2D eigenvalue weighted by molar-refractivity contribution is 14.0. The highest BCUT2D eigenvalue weighted by atomic mass is 127. The molecule has 2 aliphatic heterocycles. The molecule has 0 aliphatic carbocycles. The average Bonchev–Trinajstić information content (AvgIpc) is 2.65. The summed E-state index contributed by atoms with van der Waals surface area (Å²) in [6.07, 6.45) is 2.62. The first kappa shape index (κ1) is 22.3. The quantitative estimate of drug-likeness (QED) is 0.404. The van der Waals surface area contributed by atoms with Crippen LogP contribution in [0.2, 0.25) is 0 Å². The molecule has 1 aromatic carbocycles. The number of hydrogen-bond donors (Lipinski definition) is 1. The van der Waals surface area contributed by atoms with Crippen LogP contribution in [0.3, 0.4) is 0 Å². The molecule has 1 unspecified atom stereocenters. The van der Waals surface area contributed by atoms with E-state index in [1.807, 2.05) is 0 Å². The lowest BCUT2D eigenvalue weighted by atomic mass is 9.99. The van der Waals surface area contributed by atoms with Crippen molar-refractivity contribution in [2.75, 3.05) is 64.3 Å². The second kappa shape index (κ2) is 11.1. The predicted molar refractivity (Wildman–Crippen MR) is 127 cm³/mol. The van der Waals surface area contributed by atoms with E-state index in [1.54, 1.807) is 0 Å². The van der Waals surface area contributed by atoms with Crippen molar-refractivity contribution in [2.24, 2.45) is 10.9 Å². The van der Waals surface area contributed by atoms with Gasteiger partial charge < -0.3 is 20.0 Å². The second-order valence-electron chi connectivity index (χ2n) is 7.78. The van der Waals surface area contributed by atoms with Crippen molar-refractivity contribution in [1.29, 1.82) is 0 Å². The van der Waals surface area contributed by atoms with E-state index in [9.17, 15) is 0 Å². The number of benzene rings is 1. The lowest BCUT2D eigenvalue weighted by molar-refractivity contribution is 0.214. The zero-order valence-electron chi connectivity index (χ0n) is 17.2. The second-order valence-corrected chi connectivity index (χ2v) is 7.78. The summed E-state index contributed by atoms with van der Waals surface area (Å²) in [6, 6.07) is 8.83. The van der Waals surface area contributed by atoms with Crippen molar-refractivity contribution >= 4 is 35.6 Å². The van der Waals surface area contributed by atoms with Crippen molar-refractivity contribution < 1.29 is 0 Å². The van der Waals surface area contributed by atoms with Crippen molar-refractivity contribution in [2.45, 2.75) is 26.7 Å². The van der Waals surface area contributed by atoms with Gasteiger partial charge in [-0.1, -0.05) is 12.1 Å². The number of aryl methyl sites for hydroxylation is 1. The van der Waals surface area contributed by atoms with Crippen LogP contribution in [0.25, 0.3) is 0 Å². The Morgan fingerprint density at radius 1 is 1.19 bits per heavy atom. The zero-order valence-corrected chi connectivity index (χ0v) is 19.5. The van der Waals surface area contributed by atoms with Crippen LogP contribution in [-0.2, 0) is 0 Å². The van der Waals surface area contributed by atoms with Crippen molar-refractivity contribution in [3.8, 4) is 0 Å².